The van der Waals surface area contributed by atoms with Gasteiger partial charge in [0, 0.05) is 12.2 Å². The van der Waals surface area contributed by atoms with Crippen molar-refractivity contribution in [1.82, 2.24) is 9.38 Å². The predicted octanol–water partition coefficient (Wildman–Crippen LogP) is 4.00. The average molecular weight is 271 g/mol. The van der Waals surface area contributed by atoms with Crippen molar-refractivity contribution >= 4 is 5.65 Å². The van der Waals surface area contributed by atoms with E-state index < -0.39 is 0 Å². The van der Waals surface area contributed by atoms with Crippen LogP contribution >= 0.6 is 0 Å². The minimum absolute atomic E-state index is 0.106. The molecule has 20 heavy (non-hydrogen) atoms. The van der Waals surface area contributed by atoms with E-state index in [4.69, 9.17) is 5.73 Å². The van der Waals surface area contributed by atoms with Crippen molar-refractivity contribution in [2.24, 2.45) is 11.7 Å². The highest BCUT2D eigenvalue weighted by Crippen LogP contribution is 2.30. The fraction of sp³-hybridized carbons (Fsp3) is 0.588. The lowest BCUT2D eigenvalue weighted by molar-refractivity contribution is 0.323. The molecule has 1 aliphatic carbocycles. The summed E-state index contributed by atoms with van der Waals surface area (Å²) in [4.78, 5) is 4.61. The van der Waals surface area contributed by atoms with Crippen LogP contribution in [0.15, 0.2) is 24.4 Å². The van der Waals surface area contributed by atoms with E-state index in [2.05, 4.69) is 22.5 Å². The number of nitrogens with two attached hydrogens (primary N) is 1. The normalized spacial score (nSPS) is 18.5. The van der Waals surface area contributed by atoms with Crippen molar-refractivity contribution in [1.29, 1.82) is 0 Å². The second-order valence-corrected chi connectivity index (χ2v) is 6.20. The Morgan fingerprint density at radius 3 is 2.90 bits per heavy atom. The van der Waals surface area contributed by atoms with Crippen molar-refractivity contribution in [3.63, 3.8) is 0 Å². The van der Waals surface area contributed by atoms with E-state index in [0.717, 1.165) is 23.7 Å². The molecule has 2 aromatic rings. The van der Waals surface area contributed by atoms with Gasteiger partial charge in [-0.15, -0.1) is 0 Å². The van der Waals surface area contributed by atoms with Crippen molar-refractivity contribution in [2.45, 2.75) is 57.9 Å². The molecule has 2 heterocycles. The van der Waals surface area contributed by atoms with Gasteiger partial charge in [-0.05, 0) is 37.8 Å². The summed E-state index contributed by atoms with van der Waals surface area (Å²) in [5, 5.41) is 0. The fourth-order valence-electron chi connectivity index (χ4n) is 3.61. The third-order valence-corrected chi connectivity index (χ3v) is 4.71. The van der Waals surface area contributed by atoms with Crippen LogP contribution < -0.4 is 5.73 Å². The van der Waals surface area contributed by atoms with Gasteiger partial charge in [0.05, 0.1) is 11.4 Å². The van der Waals surface area contributed by atoms with Crippen molar-refractivity contribution in [2.75, 3.05) is 0 Å². The van der Waals surface area contributed by atoms with E-state index in [1.54, 1.807) is 0 Å². The topological polar surface area (TPSA) is 43.3 Å². The van der Waals surface area contributed by atoms with E-state index >= 15 is 0 Å². The maximum absolute atomic E-state index is 6.46. The fourth-order valence-corrected chi connectivity index (χ4v) is 3.61. The smallest absolute Gasteiger partial charge is 0.137 e. The average Bonchev–Trinajstić information content (AvgIpc) is 2.82. The van der Waals surface area contributed by atoms with Crippen molar-refractivity contribution in [3.05, 3.63) is 35.8 Å². The van der Waals surface area contributed by atoms with Crippen LogP contribution in [0.3, 0.4) is 0 Å². The molecule has 2 N–H and O–H groups in total. The molecule has 0 spiro atoms. The number of rotatable bonds is 4. The molecule has 0 aromatic carbocycles. The van der Waals surface area contributed by atoms with Crippen LogP contribution in [0.5, 0.6) is 0 Å². The summed E-state index contributed by atoms with van der Waals surface area (Å²) >= 11 is 0. The molecule has 0 saturated heterocycles. The number of pyridine rings is 1. The van der Waals surface area contributed by atoms with Crippen LogP contribution in [0.25, 0.3) is 5.65 Å². The van der Waals surface area contributed by atoms with Crippen molar-refractivity contribution < 1.29 is 0 Å². The van der Waals surface area contributed by atoms with E-state index in [1.807, 2.05) is 18.2 Å². The number of hydrogen-bond acceptors (Lipinski definition) is 2. The van der Waals surface area contributed by atoms with Crippen LogP contribution in [0.2, 0.25) is 0 Å². The highest BCUT2D eigenvalue weighted by atomic mass is 15.0. The molecule has 3 heteroatoms. The lowest BCUT2D eigenvalue weighted by atomic mass is 9.85. The second-order valence-electron chi connectivity index (χ2n) is 6.20. The summed E-state index contributed by atoms with van der Waals surface area (Å²) in [6.07, 6.45) is 11.5. The Morgan fingerprint density at radius 1 is 1.30 bits per heavy atom. The van der Waals surface area contributed by atoms with Gasteiger partial charge in [-0.25, -0.2) is 4.98 Å². The molecule has 2 aromatic heterocycles. The van der Waals surface area contributed by atoms with Crippen LogP contribution in [-0.4, -0.2) is 9.38 Å². The summed E-state index contributed by atoms with van der Waals surface area (Å²) in [7, 11) is 0. The van der Waals surface area contributed by atoms with Crippen LogP contribution in [0.4, 0.5) is 0 Å². The molecule has 1 fully saturated rings. The highest BCUT2D eigenvalue weighted by molar-refractivity contribution is 5.43. The quantitative estimate of drug-likeness (QED) is 0.913. The maximum atomic E-state index is 6.46. The molecule has 1 atom stereocenters. The van der Waals surface area contributed by atoms with E-state index in [0.29, 0.717) is 0 Å². The van der Waals surface area contributed by atoms with Gasteiger partial charge in [-0.1, -0.05) is 38.2 Å². The summed E-state index contributed by atoms with van der Waals surface area (Å²) in [6.45, 7) is 2.07. The monoisotopic (exact) mass is 271 g/mol. The van der Waals surface area contributed by atoms with E-state index in [-0.39, 0.29) is 6.04 Å². The Kier molecular flexibility index (Phi) is 4.06. The second kappa shape index (κ2) is 5.96. The van der Waals surface area contributed by atoms with E-state index in [1.165, 1.54) is 44.2 Å². The van der Waals surface area contributed by atoms with Crippen LogP contribution in [0, 0.1) is 12.8 Å². The SMILES string of the molecule is Cc1nc2ccccn2c1C(N)CCC1CCCCC1. The zero-order chi connectivity index (χ0) is 13.9. The molecule has 1 saturated carbocycles. The number of imidazole rings is 1. The molecule has 0 bridgehead atoms. The number of nitrogens with zero attached hydrogens (tertiary/aromatic N) is 2. The highest BCUT2D eigenvalue weighted by Gasteiger charge is 2.19. The van der Waals surface area contributed by atoms with Gasteiger partial charge < -0.3 is 10.1 Å². The van der Waals surface area contributed by atoms with Crippen LogP contribution in [0.1, 0.15) is 62.4 Å². The minimum atomic E-state index is 0.106. The molecule has 3 rings (SSSR count). The number of aromatic nitrogens is 2. The lowest BCUT2D eigenvalue weighted by Crippen LogP contribution is -2.16. The molecule has 0 aliphatic heterocycles. The Morgan fingerprint density at radius 2 is 2.10 bits per heavy atom. The van der Waals surface area contributed by atoms with E-state index in [9.17, 15) is 0 Å². The molecule has 0 radical (unpaired) electrons. The first-order valence-electron chi connectivity index (χ1n) is 7.95. The van der Waals surface area contributed by atoms with Gasteiger partial charge in [0.15, 0.2) is 0 Å². The van der Waals surface area contributed by atoms with Crippen LogP contribution in [-0.2, 0) is 0 Å². The summed E-state index contributed by atoms with van der Waals surface area (Å²) in [5.74, 6) is 0.897. The summed E-state index contributed by atoms with van der Waals surface area (Å²) < 4.78 is 2.15. The summed E-state index contributed by atoms with van der Waals surface area (Å²) in [6, 6.07) is 6.23. The Balaban J connectivity index is 1.71. The molecule has 1 aliphatic rings. The zero-order valence-electron chi connectivity index (χ0n) is 12.4. The minimum Gasteiger partial charge on any atom is -0.323 e. The lowest BCUT2D eigenvalue weighted by Gasteiger charge is -2.23. The Bertz CT molecular complexity index is 567. The maximum Gasteiger partial charge on any atom is 0.137 e. The first kappa shape index (κ1) is 13.6. The molecule has 3 nitrogen and oxygen atoms in total. The largest absolute Gasteiger partial charge is 0.323 e. The van der Waals surface area contributed by atoms with Gasteiger partial charge >= 0.3 is 0 Å². The van der Waals surface area contributed by atoms with Gasteiger partial charge in [0.25, 0.3) is 0 Å². The molecular weight excluding hydrogens is 246 g/mol. The number of aryl methyl sites for hydroxylation is 1. The zero-order valence-corrected chi connectivity index (χ0v) is 12.4. The third kappa shape index (κ3) is 2.73. The Labute approximate surface area is 121 Å². The molecule has 0 amide bonds. The molecular formula is C17H25N3. The first-order chi connectivity index (χ1) is 9.75. The molecule has 108 valence electrons. The first-order valence-corrected chi connectivity index (χ1v) is 7.95. The standard InChI is InChI=1S/C17H25N3/c1-13-17(20-12-6-5-9-16(20)19-13)15(18)11-10-14-7-3-2-4-8-14/h5-6,9,12,14-15H,2-4,7-8,10-11,18H2,1H3. The molecule has 1 unspecified atom stereocenters. The third-order valence-electron chi connectivity index (χ3n) is 4.71. The number of hydrogen-bond donors (Lipinski definition) is 1. The Hall–Kier alpha value is -1.35. The van der Waals surface area contributed by atoms with Gasteiger partial charge in [0.1, 0.15) is 5.65 Å². The number of fused-ring (bicyclic) bond motifs is 1. The predicted molar refractivity (Wildman–Crippen MR) is 82.7 cm³/mol. The van der Waals surface area contributed by atoms with Gasteiger partial charge in [0.2, 0.25) is 0 Å². The van der Waals surface area contributed by atoms with Crippen molar-refractivity contribution in [3.8, 4) is 0 Å². The van der Waals surface area contributed by atoms with Gasteiger partial charge in [-0.2, -0.15) is 0 Å². The summed E-state index contributed by atoms with van der Waals surface area (Å²) in [5.41, 5.74) is 9.74. The van der Waals surface area contributed by atoms with Gasteiger partial charge in [-0.3, -0.25) is 0 Å².